The predicted molar refractivity (Wildman–Crippen MR) is 82.5 cm³/mol. The van der Waals surface area contributed by atoms with E-state index in [1.165, 1.54) is 0 Å². The van der Waals surface area contributed by atoms with Crippen molar-refractivity contribution in [3.8, 4) is 0 Å². The number of hydrogen-bond donors (Lipinski definition) is 1. The molecule has 0 fully saturated rings. The molecule has 0 unspecified atom stereocenters. The maximum atomic E-state index is 12.4. The highest BCUT2D eigenvalue weighted by Crippen LogP contribution is 2.28. The third kappa shape index (κ3) is 3.59. The molecule has 20 heavy (non-hydrogen) atoms. The minimum atomic E-state index is -1.11. The lowest BCUT2D eigenvalue weighted by Gasteiger charge is -2.11. The number of hydrogen-bond acceptors (Lipinski definition) is 3. The lowest BCUT2D eigenvalue weighted by molar-refractivity contribution is 0.674. The Morgan fingerprint density at radius 2 is 2.10 bits per heavy atom. The Kier molecular flexibility index (Phi) is 5.18. The van der Waals surface area contributed by atoms with E-state index in [0.29, 0.717) is 21.6 Å². The van der Waals surface area contributed by atoms with Crippen LogP contribution in [0.1, 0.15) is 36.3 Å². The summed E-state index contributed by atoms with van der Waals surface area (Å²) in [5, 5.41) is 7.67. The summed E-state index contributed by atoms with van der Waals surface area (Å²) in [5.74, 6) is 1.72. The van der Waals surface area contributed by atoms with E-state index in [1.54, 1.807) is 12.1 Å². The van der Waals surface area contributed by atoms with Crippen molar-refractivity contribution in [1.82, 2.24) is 15.2 Å². The first-order chi connectivity index (χ1) is 9.51. The molecule has 1 N–H and O–H groups in total. The fraction of sp³-hybridized carbons (Fsp3) is 0.385. The van der Waals surface area contributed by atoms with Gasteiger partial charge in [0.25, 0.3) is 0 Å². The summed E-state index contributed by atoms with van der Waals surface area (Å²) in [7, 11) is -1.11. The molecule has 2 aromatic rings. The van der Waals surface area contributed by atoms with Gasteiger partial charge in [-0.2, -0.15) is 5.10 Å². The van der Waals surface area contributed by atoms with Crippen LogP contribution in [0, 0.1) is 0 Å². The Morgan fingerprint density at radius 3 is 2.70 bits per heavy atom. The van der Waals surface area contributed by atoms with Crippen molar-refractivity contribution in [1.29, 1.82) is 0 Å². The number of nitrogens with one attached hydrogen (secondary N) is 1. The molecule has 0 radical (unpaired) electrons. The Labute approximate surface area is 130 Å². The van der Waals surface area contributed by atoms with E-state index in [0.717, 1.165) is 17.8 Å². The van der Waals surface area contributed by atoms with Crippen molar-refractivity contribution in [3.05, 3.63) is 45.5 Å². The van der Waals surface area contributed by atoms with Crippen LogP contribution in [0.25, 0.3) is 0 Å². The molecule has 1 aromatic carbocycles. The van der Waals surface area contributed by atoms with Crippen molar-refractivity contribution >= 4 is 34.0 Å². The Bertz CT molecular complexity index is 630. The zero-order chi connectivity index (χ0) is 14.7. The normalized spacial score (nSPS) is 14.2. The number of rotatable bonds is 5. The maximum Gasteiger partial charge on any atom is 0.150 e. The number of benzene rings is 1. The topological polar surface area (TPSA) is 58.6 Å². The van der Waals surface area contributed by atoms with Crippen LogP contribution in [-0.4, -0.2) is 19.4 Å². The van der Waals surface area contributed by atoms with Crippen LogP contribution < -0.4 is 0 Å². The van der Waals surface area contributed by atoms with Gasteiger partial charge in [-0.25, -0.2) is 4.98 Å². The van der Waals surface area contributed by atoms with Crippen molar-refractivity contribution in [2.75, 3.05) is 0 Å². The number of aromatic amines is 1. The Morgan fingerprint density at radius 1 is 1.35 bits per heavy atom. The summed E-state index contributed by atoms with van der Waals surface area (Å²) >= 11 is 11.9. The standard InChI is InChI=1S/C13H15Cl2N3OS/c1-3-12-16-13(18-17-12)7-20(19)8(2)9-4-5-10(14)11(15)6-9/h4-6,8H,3,7H2,1-2H3,(H,16,17,18)/t8-,20+/m0/s1. The lowest BCUT2D eigenvalue weighted by atomic mass is 10.2. The molecule has 0 aliphatic heterocycles. The van der Waals surface area contributed by atoms with Gasteiger partial charge < -0.3 is 0 Å². The molecule has 2 rings (SSSR count). The van der Waals surface area contributed by atoms with Crippen LogP contribution >= 0.6 is 23.2 Å². The van der Waals surface area contributed by atoms with Crippen LogP contribution in [0.3, 0.4) is 0 Å². The molecule has 0 amide bonds. The minimum Gasteiger partial charge on any atom is -0.262 e. The minimum absolute atomic E-state index is 0.153. The molecular formula is C13H15Cl2N3OS. The monoisotopic (exact) mass is 331 g/mol. The third-order valence-corrected chi connectivity index (χ3v) is 5.34. The van der Waals surface area contributed by atoms with Gasteiger partial charge in [-0.1, -0.05) is 36.2 Å². The molecule has 2 atom stereocenters. The van der Waals surface area contributed by atoms with Crippen molar-refractivity contribution < 1.29 is 4.21 Å². The summed E-state index contributed by atoms with van der Waals surface area (Å²) < 4.78 is 12.4. The summed E-state index contributed by atoms with van der Waals surface area (Å²) in [6, 6.07) is 5.31. The van der Waals surface area contributed by atoms with Gasteiger partial charge in [-0.05, 0) is 24.6 Å². The molecular weight excluding hydrogens is 317 g/mol. The maximum absolute atomic E-state index is 12.4. The molecule has 1 aromatic heterocycles. The van der Waals surface area contributed by atoms with Gasteiger partial charge in [0.2, 0.25) is 0 Å². The van der Waals surface area contributed by atoms with Gasteiger partial charge in [-0.15, -0.1) is 0 Å². The molecule has 0 saturated heterocycles. The fourth-order valence-electron chi connectivity index (χ4n) is 1.73. The van der Waals surface area contributed by atoms with Gasteiger partial charge in [0.15, 0.2) is 0 Å². The number of nitrogens with zero attached hydrogens (tertiary/aromatic N) is 2. The number of aryl methyl sites for hydroxylation is 1. The van der Waals surface area contributed by atoms with E-state index in [9.17, 15) is 4.21 Å². The number of aromatic nitrogens is 3. The van der Waals surface area contributed by atoms with E-state index >= 15 is 0 Å². The molecule has 0 bridgehead atoms. The number of H-pyrrole nitrogens is 1. The first-order valence-corrected chi connectivity index (χ1v) is 8.37. The Balaban J connectivity index is 2.09. The summed E-state index contributed by atoms with van der Waals surface area (Å²) in [5.41, 5.74) is 0.896. The quantitative estimate of drug-likeness (QED) is 0.908. The average molecular weight is 332 g/mol. The molecule has 0 aliphatic carbocycles. The first-order valence-electron chi connectivity index (χ1n) is 6.23. The molecule has 7 heteroatoms. The van der Waals surface area contributed by atoms with Crippen molar-refractivity contribution in [2.45, 2.75) is 31.3 Å². The molecule has 1 heterocycles. The largest absolute Gasteiger partial charge is 0.262 e. The van der Waals surface area contributed by atoms with E-state index in [2.05, 4.69) is 15.2 Å². The second-order valence-corrected chi connectivity index (χ2v) is 6.96. The van der Waals surface area contributed by atoms with Crippen LogP contribution in [-0.2, 0) is 23.0 Å². The SMILES string of the molecule is CCc1n[nH]c(C[S@@](=O)[C@@H](C)c2ccc(Cl)c(Cl)c2)n1. The van der Waals surface area contributed by atoms with Gasteiger partial charge >= 0.3 is 0 Å². The highest BCUT2D eigenvalue weighted by Gasteiger charge is 2.17. The second-order valence-electron chi connectivity index (χ2n) is 4.39. The average Bonchev–Trinajstić information content (AvgIpc) is 2.88. The molecule has 0 spiro atoms. The molecule has 0 saturated carbocycles. The van der Waals surface area contributed by atoms with Crippen LogP contribution in [0.4, 0.5) is 0 Å². The zero-order valence-corrected chi connectivity index (χ0v) is 13.5. The lowest BCUT2D eigenvalue weighted by Crippen LogP contribution is -2.06. The van der Waals surface area contributed by atoms with E-state index in [-0.39, 0.29) is 5.25 Å². The smallest absolute Gasteiger partial charge is 0.150 e. The van der Waals surface area contributed by atoms with Crippen molar-refractivity contribution in [2.24, 2.45) is 0 Å². The van der Waals surface area contributed by atoms with E-state index in [4.69, 9.17) is 23.2 Å². The summed E-state index contributed by atoms with van der Waals surface area (Å²) in [4.78, 5) is 4.27. The predicted octanol–water partition coefficient (Wildman–Crippen LogP) is 3.68. The fourth-order valence-corrected chi connectivity index (χ4v) is 3.14. The molecule has 0 aliphatic rings. The van der Waals surface area contributed by atoms with E-state index in [1.807, 2.05) is 19.9 Å². The first kappa shape index (κ1) is 15.5. The second kappa shape index (κ2) is 6.70. The van der Waals surface area contributed by atoms with Gasteiger partial charge in [0.05, 0.1) is 21.0 Å². The van der Waals surface area contributed by atoms with Crippen LogP contribution in [0.2, 0.25) is 10.0 Å². The van der Waals surface area contributed by atoms with Gasteiger partial charge in [0, 0.05) is 17.2 Å². The van der Waals surface area contributed by atoms with Crippen LogP contribution in [0.15, 0.2) is 18.2 Å². The van der Waals surface area contributed by atoms with Crippen molar-refractivity contribution in [3.63, 3.8) is 0 Å². The Hall–Kier alpha value is -0.910. The van der Waals surface area contributed by atoms with Crippen LogP contribution in [0.5, 0.6) is 0 Å². The summed E-state index contributed by atoms with van der Waals surface area (Å²) in [6.07, 6.45) is 0.755. The molecule has 4 nitrogen and oxygen atoms in total. The highest BCUT2D eigenvalue weighted by molar-refractivity contribution is 7.84. The van der Waals surface area contributed by atoms with E-state index < -0.39 is 10.8 Å². The van der Waals surface area contributed by atoms with Gasteiger partial charge in [0.1, 0.15) is 11.6 Å². The summed E-state index contributed by atoms with van der Waals surface area (Å²) in [6.45, 7) is 3.87. The zero-order valence-electron chi connectivity index (χ0n) is 11.2. The van der Waals surface area contributed by atoms with Gasteiger partial charge in [-0.3, -0.25) is 9.31 Å². The number of halogens is 2. The highest BCUT2D eigenvalue weighted by atomic mass is 35.5. The molecule has 108 valence electrons. The third-order valence-electron chi connectivity index (χ3n) is 2.98.